The van der Waals surface area contributed by atoms with Gasteiger partial charge < -0.3 is 0 Å². The minimum absolute atomic E-state index is 0.00546. The van der Waals surface area contributed by atoms with Crippen LogP contribution >= 0.6 is 0 Å². The molecule has 7 heteroatoms. The van der Waals surface area contributed by atoms with Crippen LogP contribution in [0, 0.1) is 5.92 Å². The Morgan fingerprint density at radius 1 is 1.24 bits per heavy atom. The molecular formula is C26H27NO5Se. The molecule has 2 bridgehead atoms. The molecule has 1 saturated carbocycles. The van der Waals surface area contributed by atoms with Gasteiger partial charge in [-0.2, -0.15) is 0 Å². The number of carbonyl (C=O) groups is 2. The molecule has 2 heterocycles. The number of ether oxygens (including phenoxy) is 3. The Kier molecular flexibility index (Phi) is 4.96. The van der Waals surface area contributed by atoms with Crippen molar-refractivity contribution in [2.45, 2.75) is 48.6 Å². The molecular weight excluding hydrogens is 485 g/mol. The molecule has 6 nitrogen and oxygen atoms in total. The molecule has 2 aliphatic heterocycles. The molecule has 1 spiro atoms. The van der Waals surface area contributed by atoms with E-state index >= 15 is 0 Å². The summed E-state index contributed by atoms with van der Waals surface area (Å²) in [5.74, 6) is 1.81. The number of hydrogen-bond acceptors (Lipinski definition) is 5. The summed E-state index contributed by atoms with van der Waals surface area (Å²) in [5.41, 5.74) is 1.95. The van der Waals surface area contributed by atoms with Crippen molar-refractivity contribution in [3.8, 4) is 11.5 Å². The molecule has 2 fully saturated rings. The predicted molar refractivity (Wildman–Crippen MR) is 124 cm³/mol. The monoisotopic (exact) mass is 513 g/mol. The van der Waals surface area contributed by atoms with Crippen LogP contribution in [0.4, 0.5) is 4.79 Å². The van der Waals surface area contributed by atoms with E-state index in [0.717, 1.165) is 24.2 Å². The summed E-state index contributed by atoms with van der Waals surface area (Å²) in [7, 11) is 1.65. The molecule has 2 aliphatic carbocycles. The van der Waals surface area contributed by atoms with Gasteiger partial charge in [0.1, 0.15) is 0 Å². The third-order valence-corrected chi connectivity index (χ3v) is 10.5. The summed E-state index contributed by atoms with van der Waals surface area (Å²) in [5, 5.41) is 0. The van der Waals surface area contributed by atoms with Gasteiger partial charge in [-0.05, 0) is 0 Å². The molecule has 0 radical (unpaired) electrons. The normalized spacial score (nSPS) is 31.0. The van der Waals surface area contributed by atoms with Crippen LogP contribution in [-0.2, 0) is 21.4 Å². The SMILES string of the molecule is CCOC(=O)N1CCC23c4c5ccc(OC)c4OC2C(=O)C([Se]c2ccccc2)CC3C1C5. The summed E-state index contributed by atoms with van der Waals surface area (Å²) < 4.78 is 18.8. The maximum atomic E-state index is 13.9. The number of rotatable bonds is 4. The number of methoxy groups -OCH3 is 1. The molecule has 5 unspecified atom stereocenters. The minimum atomic E-state index is -0.510. The Bertz CT molecular complexity index is 1120. The first-order valence-corrected chi connectivity index (χ1v) is 13.5. The summed E-state index contributed by atoms with van der Waals surface area (Å²) in [6.07, 6.45) is 1.50. The summed E-state index contributed by atoms with van der Waals surface area (Å²) in [6, 6.07) is 14.3. The zero-order chi connectivity index (χ0) is 22.7. The number of nitrogens with zero attached hydrogens (tertiary/aromatic N) is 1. The maximum absolute atomic E-state index is 13.9. The van der Waals surface area contributed by atoms with E-state index in [-0.39, 0.29) is 49.0 Å². The van der Waals surface area contributed by atoms with E-state index in [1.165, 1.54) is 10.0 Å². The third-order valence-electron chi connectivity index (χ3n) is 7.89. The van der Waals surface area contributed by atoms with Crippen LogP contribution in [0.2, 0.25) is 4.82 Å². The number of benzene rings is 2. The zero-order valence-corrected chi connectivity index (χ0v) is 20.5. The van der Waals surface area contributed by atoms with E-state index in [0.29, 0.717) is 25.3 Å². The molecule has 33 heavy (non-hydrogen) atoms. The number of piperidine rings is 1. The first-order chi connectivity index (χ1) is 16.1. The molecule has 6 rings (SSSR count). The van der Waals surface area contributed by atoms with Gasteiger partial charge in [-0.3, -0.25) is 0 Å². The van der Waals surface area contributed by atoms with Gasteiger partial charge in [0.2, 0.25) is 0 Å². The number of hydrogen-bond donors (Lipinski definition) is 0. The fourth-order valence-electron chi connectivity index (χ4n) is 6.64. The molecule has 5 atom stereocenters. The molecule has 4 aliphatic rings. The molecule has 0 N–H and O–H groups in total. The molecule has 172 valence electrons. The summed E-state index contributed by atoms with van der Waals surface area (Å²) in [6.45, 7) is 2.79. The second kappa shape index (κ2) is 7.78. The Hall–Kier alpha value is -2.50. The van der Waals surface area contributed by atoms with E-state index in [1.54, 1.807) is 7.11 Å². The molecule has 1 amide bonds. The standard InChI is InChI=1S/C26H27NO5Se/c1-3-31-25(29)27-12-11-26-17-14-20(33-16-7-5-4-6-8-16)22(28)24(26)32-23-19(30-2)10-9-15(21(23)26)13-18(17)27/h4-10,17-18,20,24H,3,11-14H2,1-2H3. The van der Waals surface area contributed by atoms with Crippen molar-refractivity contribution in [2.24, 2.45) is 5.92 Å². The third kappa shape index (κ3) is 2.91. The summed E-state index contributed by atoms with van der Waals surface area (Å²) >= 11 is 0.00546. The van der Waals surface area contributed by atoms with Crippen molar-refractivity contribution < 1.29 is 23.8 Å². The van der Waals surface area contributed by atoms with Crippen LogP contribution in [0.5, 0.6) is 11.5 Å². The zero-order valence-electron chi connectivity index (χ0n) is 18.8. The number of Topliss-reactive ketones (excluding diaryl/α,β-unsaturated/α-hetero) is 1. The molecule has 1 saturated heterocycles. The van der Waals surface area contributed by atoms with Gasteiger partial charge in [0, 0.05) is 0 Å². The van der Waals surface area contributed by atoms with E-state index in [2.05, 4.69) is 18.2 Å². The fraction of sp³-hybridized carbons (Fsp3) is 0.462. The van der Waals surface area contributed by atoms with Gasteiger partial charge in [-0.15, -0.1) is 0 Å². The van der Waals surface area contributed by atoms with E-state index in [4.69, 9.17) is 14.2 Å². The van der Waals surface area contributed by atoms with Crippen LogP contribution in [0.3, 0.4) is 0 Å². The van der Waals surface area contributed by atoms with E-state index in [1.807, 2.05) is 36.1 Å². The Morgan fingerprint density at radius 3 is 2.82 bits per heavy atom. The number of amides is 1. The van der Waals surface area contributed by atoms with E-state index < -0.39 is 6.10 Å². The van der Waals surface area contributed by atoms with Crippen molar-refractivity contribution in [3.63, 3.8) is 0 Å². The van der Waals surface area contributed by atoms with Gasteiger partial charge in [0.25, 0.3) is 0 Å². The van der Waals surface area contributed by atoms with E-state index in [9.17, 15) is 9.59 Å². The first-order valence-electron chi connectivity index (χ1n) is 11.6. The van der Waals surface area contributed by atoms with Crippen molar-refractivity contribution >= 4 is 31.3 Å². The molecule has 0 aromatic heterocycles. The van der Waals surface area contributed by atoms with Crippen LogP contribution in [0.25, 0.3) is 0 Å². The topological polar surface area (TPSA) is 65.1 Å². The first kappa shape index (κ1) is 21.1. The van der Waals surface area contributed by atoms with Crippen molar-refractivity contribution in [1.82, 2.24) is 4.90 Å². The average molecular weight is 512 g/mol. The summed E-state index contributed by atoms with van der Waals surface area (Å²) in [4.78, 5) is 28.7. The van der Waals surface area contributed by atoms with Crippen molar-refractivity contribution in [3.05, 3.63) is 53.6 Å². The second-order valence-corrected chi connectivity index (χ2v) is 11.9. The van der Waals surface area contributed by atoms with Crippen LogP contribution < -0.4 is 13.9 Å². The quantitative estimate of drug-likeness (QED) is 0.590. The average Bonchev–Trinajstić information content (AvgIpc) is 3.17. The second-order valence-electron chi connectivity index (χ2n) is 9.25. The van der Waals surface area contributed by atoms with Crippen LogP contribution in [0.15, 0.2) is 42.5 Å². The molecule has 2 aromatic rings. The fourth-order valence-corrected chi connectivity index (χ4v) is 9.13. The van der Waals surface area contributed by atoms with Gasteiger partial charge in [0.15, 0.2) is 0 Å². The number of carbonyl (C=O) groups excluding carboxylic acids is 2. The van der Waals surface area contributed by atoms with Gasteiger partial charge in [-0.1, -0.05) is 0 Å². The van der Waals surface area contributed by atoms with Gasteiger partial charge in [-0.25, -0.2) is 0 Å². The Morgan fingerprint density at radius 2 is 2.06 bits per heavy atom. The van der Waals surface area contributed by atoms with Crippen molar-refractivity contribution in [2.75, 3.05) is 20.3 Å². The molecule has 2 aromatic carbocycles. The number of likely N-dealkylation sites (tertiary alicyclic amines) is 1. The van der Waals surface area contributed by atoms with Crippen molar-refractivity contribution in [1.29, 1.82) is 0 Å². The van der Waals surface area contributed by atoms with Crippen LogP contribution in [0.1, 0.15) is 30.9 Å². The van der Waals surface area contributed by atoms with Crippen LogP contribution in [-0.4, -0.2) is 64.1 Å². The Balaban J connectivity index is 1.46. The van der Waals surface area contributed by atoms with Gasteiger partial charge in [0.05, 0.1) is 0 Å². The predicted octanol–water partition coefficient (Wildman–Crippen LogP) is 2.89. The van der Waals surface area contributed by atoms with Gasteiger partial charge >= 0.3 is 200 Å². The Labute approximate surface area is 199 Å². The number of ketones is 1.